The van der Waals surface area contributed by atoms with Crippen molar-refractivity contribution in [3.63, 3.8) is 0 Å². The summed E-state index contributed by atoms with van der Waals surface area (Å²) >= 11 is 6.15. The zero-order valence-corrected chi connectivity index (χ0v) is 18.5. The lowest BCUT2D eigenvalue weighted by Crippen LogP contribution is -2.35. The maximum atomic E-state index is 12.7. The number of amides is 2. The summed E-state index contributed by atoms with van der Waals surface area (Å²) in [6, 6.07) is 23.0. The second-order valence-electron chi connectivity index (χ2n) is 6.97. The number of carbonyl (C=O) groups excluding carboxylic acids is 2. The molecule has 3 aromatic rings. The summed E-state index contributed by atoms with van der Waals surface area (Å²) in [5.41, 5.74) is 1.19. The molecule has 0 radical (unpaired) electrons. The number of benzene rings is 3. The van der Waals surface area contributed by atoms with Crippen molar-refractivity contribution in [1.82, 2.24) is 10.6 Å². The third-order valence-corrected chi connectivity index (χ3v) is 5.10. The van der Waals surface area contributed by atoms with Crippen molar-refractivity contribution in [2.45, 2.75) is 12.5 Å². The second kappa shape index (κ2) is 11.8. The first-order chi connectivity index (χ1) is 15.6. The SMILES string of the molecule is COc1ccccc1OCCNC(=O)C[C@@H](NC(=O)c1ccccc1Cl)c1ccccc1. The van der Waals surface area contributed by atoms with Crippen molar-refractivity contribution in [2.24, 2.45) is 0 Å². The first-order valence-corrected chi connectivity index (χ1v) is 10.6. The van der Waals surface area contributed by atoms with Gasteiger partial charge < -0.3 is 20.1 Å². The molecule has 0 aliphatic heterocycles. The van der Waals surface area contributed by atoms with Crippen LogP contribution in [0.2, 0.25) is 5.02 Å². The number of para-hydroxylation sites is 2. The van der Waals surface area contributed by atoms with Crippen molar-refractivity contribution >= 4 is 23.4 Å². The molecule has 6 nitrogen and oxygen atoms in total. The summed E-state index contributed by atoms with van der Waals surface area (Å²) < 4.78 is 10.9. The fourth-order valence-electron chi connectivity index (χ4n) is 3.17. The van der Waals surface area contributed by atoms with Gasteiger partial charge in [0.05, 0.1) is 36.7 Å². The standard InChI is InChI=1S/C25H25ClN2O4/c1-31-22-13-7-8-14-23(22)32-16-15-27-24(29)17-21(18-9-3-2-4-10-18)28-25(30)19-11-5-6-12-20(19)26/h2-14,21H,15-17H2,1H3,(H,27,29)(H,28,30)/t21-/m1/s1. The summed E-state index contributed by atoms with van der Waals surface area (Å²) in [5, 5.41) is 6.11. The third kappa shape index (κ3) is 6.49. The minimum atomic E-state index is -0.505. The highest BCUT2D eigenvalue weighted by molar-refractivity contribution is 6.33. The second-order valence-corrected chi connectivity index (χ2v) is 7.38. The average Bonchev–Trinajstić information content (AvgIpc) is 2.82. The number of hydrogen-bond acceptors (Lipinski definition) is 4. The van der Waals surface area contributed by atoms with Gasteiger partial charge in [0.25, 0.3) is 5.91 Å². The predicted molar refractivity (Wildman–Crippen MR) is 124 cm³/mol. The van der Waals surface area contributed by atoms with Gasteiger partial charge in [-0.15, -0.1) is 0 Å². The predicted octanol–water partition coefficient (Wildman–Crippen LogP) is 4.41. The van der Waals surface area contributed by atoms with E-state index in [4.69, 9.17) is 21.1 Å². The fourth-order valence-corrected chi connectivity index (χ4v) is 3.39. The summed E-state index contributed by atoms with van der Waals surface area (Å²) in [6.07, 6.45) is 0.0782. The van der Waals surface area contributed by atoms with Gasteiger partial charge in [-0.3, -0.25) is 9.59 Å². The van der Waals surface area contributed by atoms with Gasteiger partial charge in [-0.1, -0.05) is 66.2 Å². The quantitative estimate of drug-likeness (QED) is 0.447. The summed E-state index contributed by atoms with van der Waals surface area (Å²) in [4.78, 5) is 25.3. The lowest BCUT2D eigenvalue weighted by atomic mass is 10.0. The van der Waals surface area contributed by atoms with Crippen LogP contribution in [0.15, 0.2) is 78.9 Å². The van der Waals surface area contributed by atoms with Gasteiger partial charge in [0.2, 0.25) is 5.91 Å². The van der Waals surface area contributed by atoms with Gasteiger partial charge in [-0.05, 0) is 29.8 Å². The van der Waals surface area contributed by atoms with Crippen LogP contribution >= 0.6 is 11.6 Å². The molecular weight excluding hydrogens is 428 g/mol. The van der Waals surface area contributed by atoms with E-state index >= 15 is 0 Å². The molecule has 0 bridgehead atoms. The first-order valence-electron chi connectivity index (χ1n) is 10.2. The van der Waals surface area contributed by atoms with Crippen LogP contribution in [0, 0.1) is 0 Å². The van der Waals surface area contributed by atoms with E-state index in [1.165, 1.54) is 0 Å². The van der Waals surface area contributed by atoms with Crippen molar-refractivity contribution in [2.75, 3.05) is 20.3 Å². The Kier molecular flexibility index (Phi) is 8.52. The maximum absolute atomic E-state index is 12.7. The van der Waals surface area contributed by atoms with E-state index in [9.17, 15) is 9.59 Å². The Morgan fingerprint density at radius 3 is 2.28 bits per heavy atom. The molecule has 1 atom stereocenters. The molecule has 2 N–H and O–H groups in total. The molecule has 3 rings (SSSR count). The minimum absolute atomic E-state index is 0.0782. The van der Waals surface area contributed by atoms with E-state index in [2.05, 4.69) is 10.6 Å². The van der Waals surface area contributed by atoms with Gasteiger partial charge >= 0.3 is 0 Å². The smallest absolute Gasteiger partial charge is 0.253 e. The highest BCUT2D eigenvalue weighted by Crippen LogP contribution is 2.25. The van der Waals surface area contributed by atoms with Crippen LogP contribution < -0.4 is 20.1 Å². The highest BCUT2D eigenvalue weighted by atomic mass is 35.5. The van der Waals surface area contributed by atoms with E-state index in [-0.39, 0.29) is 24.8 Å². The van der Waals surface area contributed by atoms with E-state index in [1.807, 2.05) is 42.5 Å². The molecule has 2 amide bonds. The average molecular weight is 453 g/mol. The van der Waals surface area contributed by atoms with Gasteiger partial charge in [-0.2, -0.15) is 0 Å². The van der Waals surface area contributed by atoms with Gasteiger partial charge in [0.1, 0.15) is 6.61 Å². The molecule has 0 spiro atoms. The largest absolute Gasteiger partial charge is 0.493 e. The van der Waals surface area contributed by atoms with Crippen LogP contribution in [-0.2, 0) is 4.79 Å². The Balaban J connectivity index is 1.58. The Morgan fingerprint density at radius 2 is 1.56 bits per heavy atom. The Labute approximate surface area is 192 Å². The van der Waals surface area contributed by atoms with E-state index < -0.39 is 6.04 Å². The Hall–Kier alpha value is -3.51. The molecule has 0 aromatic heterocycles. The lowest BCUT2D eigenvalue weighted by molar-refractivity contribution is -0.121. The van der Waals surface area contributed by atoms with E-state index in [0.29, 0.717) is 28.6 Å². The van der Waals surface area contributed by atoms with Crippen molar-refractivity contribution < 1.29 is 19.1 Å². The van der Waals surface area contributed by atoms with Gasteiger partial charge in [0, 0.05) is 0 Å². The molecule has 7 heteroatoms. The molecule has 166 valence electrons. The molecule has 0 aliphatic carbocycles. The number of rotatable bonds is 10. The Bertz CT molecular complexity index is 1040. The monoisotopic (exact) mass is 452 g/mol. The number of nitrogens with one attached hydrogen (secondary N) is 2. The number of ether oxygens (including phenoxy) is 2. The molecule has 0 saturated carbocycles. The maximum Gasteiger partial charge on any atom is 0.253 e. The number of halogens is 1. The molecule has 32 heavy (non-hydrogen) atoms. The van der Waals surface area contributed by atoms with Crippen LogP contribution in [0.1, 0.15) is 28.4 Å². The third-order valence-electron chi connectivity index (χ3n) is 4.77. The topological polar surface area (TPSA) is 76.7 Å². The van der Waals surface area contributed by atoms with Crippen LogP contribution in [0.25, 0.3) is 0 Å². The van der Waals surface area contributed by atoms with Gasteiger partial charge in [-0.25, -0.2) is 0 Å². The summed E-state index contributed by atoms with van der Waals surface area (Å²) in [6.45, 7) is 0.602. The molecule has 0 fully saturated rings. The normalized spacial score (nSPS) is 11.3. The van der Waals surface area contributed by atoms with Crippen LogP contribution in [0.3, 0.4) is 0 Å². The van der Waals surface area contributed by atoms with Gasteiger partial charge in [0.15, 0.2) is 11.5 Å². The molecular formula is C25H25ClN2O4. The van der Waals surface area contributed by atoms with E-state index in [0.717, 1.165) is 5.56 Å². The number of methoxy groups -OCH3 is 1. The minimum Gasteiger partial charge on any atom is -0.493 e. The zero-order chi connectivity index (χ0) is 22.8. The fraction of sp³-hybridized carbons (Fsp3) is 0.200. The summed E-state index contributed by atoms with van der Waals surface area (Å²) in [5.74, 6) is 0.697. The van der Waals surface area contributed by atoms with E-state index in [1.54, 1.807) is 43.5 Å². The molecule has 0 heterocycles. The number of hydrogen-bond donors (Lipinski definition) is 2. The lowest BCUT2D eigenvalue weighted by Gasteiger charge is -2.19. The summed E-state index contributed by atoms with van der Waals surface area (Å²) in [7, 11) is 1.57. The molecule has 0 saturated heterocycles. The number of carbonyl (C=O) groups is 2. The zero-order valence-electron chi connectivity index (χ0n) is 17.7. The molecule has 3 aromatic carbocycles. The first kappa shape index (κ1) is 23.2. The van der Waals surface area contributed by atoms with Crippen LogP contribution in [-0.4, -0.2) is 32.1 Å². The van der Waals surface area contributed by atoms with Crippen LogP contribution in [0.4, 0.5) is 0 Å². The van der Waals surface area contributed by atoms with Crippen molar-refractivity contribution in [3.8, 4) is 11.5 Å². The van der Waals surface area contributed by atoms with Crippen molar-refractivity contribution in [1.29, 1.82) is 0 Å². The van der Waals surface area contributed by atoms with Crippen molar-refractivity contribution in [3.05, 3.63) is 95.0 Å². The molecule has 0 aliphatic rings. The Morgan fingerprint density at radius 1 is 0.906 bits per heavy atom. The van der Waals surface area contributed by atoms with Crippen LogP contribution in [0.5, 0.6) is 11.5 Å². The highest BCUT2D eigenvalue weighted by Gasteiger charge is 2.20. The molecule has 0 unspecified atom stereocenters.